The van der Waals surface area contributed by atoms with Crippen molar-refractivity contribution in [2.75, 3.05) is 26.8 Å². The van der Waals surface area contributed by atoms with Crippen LogP contribution in [-0.2, 0) is 9.47 Å². The summed E-state index contributed by atoms with van der Waals surface area (Å²) in [5.74, 6) is 0.00595. The molecule has 0 aliphatic carbocycles. The Hall–Kier alpha value is -1.99. The number of aryl methyl sites for hydroxylation is 2. The molecule has 0 saturated carbocycles. The fourth-order valence-corrected chi connectivity index (χ4v) is 4.34. The van der Waals surface area contributed by atoms with Gasteiger partial charge in [0.25, 0.3) is 11.6 Å². The van der Waals surface area contributed by atoms with Crippen molar-refractivity contribution >= 4 is 17.0 Å². The summed E-state index contributed by atoms with van der Waals surface area (Å²) in [4.78, 5) is 19.4. The number of carbonyl (C=O) groups is 1. The lowest BCUT2D eigenvalue weighted by atomic mass is 9.81. The molecule has 1 amide bonds. The summed E-state index contributed by atoms with van der Waals surface area (Å²) in [6.07, 6.45) is 3.77. The topological polar surface area (TPSA) is 77.7 Å². The van der Waals surface area contributed by atoms with Gasteiger partial charge < -0.3 is 18.9 Å². The predicted octanol–water partition coefficient (Wildman–Crippen LogP) is 2.64. The van der Waals surface area contributed by atoms with Crippen LogP contribution in [0.3, 0.4) is 0 Å². The molecule has 1 unspecified atom stereocenters. The van der Waals surface area contributed by atoms with E-state index in [9.17, 15) is 4.79 Å². The first-order valence-electron chi connectivity index (χ1n) is 9.24. The number of pyridine rings is 1. The zero-order valence-electron chi connectivity index (χ0n) is 15.6. The van der Waals surface area contributed by atoms with Crippen molar-refractivity contribution in [1.82, 2.24) is 15.0 Å². The summed E-state index contributed by atoms with van der Waals surface area (Å²) in [5.41, 5.74) is 2.24. The SMILES string of the molecule is COC1CCCOC12CCN(C(=O)c1cc(C)nc3onc(C)c13)CC2. The molecule has 2 fully saturated rings. The Bertz CT molecular complexity index is 824. The number of fused-ring (bicyclic) bond motifs is 1. The van der Waals surface area contributed by atoms with Gasteiger partial charge in [-0.05, 0) is 45.6 Å². The van der Waals surface area contributed by atoms with E-state index in [4.69, 9.17) is 14.0 Å². The monoisotopic (exact) mass is 359 g/mol. The van der Waals surface area contributed by atoms with Crippen LogP contribution >= 0.6 is 0 Å². The molecule has 2 aliphatic rings. The van der Waals surface area contributed by atoms with E-state index in [0.717, 1.165) is 38.0 Å². The first-order valence-corrected chi connectivity index (χ1v) is 9.24. The number of hydrogen-bond donors (Lipinski definition) is 0. The van der Waals surface area contributed by atoms with E-state index in [0.29, 0.717) is 35.4 Å². The molecule has 1 spiro atoms. The number of nitrogens with zero attached hydrogens (tertiary/aromatic N) is 3. The average Bonchev–Trinajstić information content (AvgIpc) is 3.02. The van der Waals surface area contributed by atoms with E-state index in [1.807, 2.05) is 24.8 Å². The molecule has 4 heterocycles. The van der Waals surface area contributed by atoms with E-state index in [2.05, 4.69) is 10.1 Å². The number of amides is 1. The number of piperidine rings is 1. The van der Waals surface area contributed by atoms with Gasteiger partial charge in [-0.15, -0.1) is 0 Å². The first-order chi connectivity index (χ1) is 12.5. The van der Waals surface area contributed by atoms with Crippen LogP contribution in [0.4, 0.5) is 0 Å². The van der Waals surface area contributed by atoms with Crippen molar-refractivity contribution in [3.8, 4) is 0 Å². The fraction of sp³-hybridized carbons (Fsp3) is 0.632. The third-order valence-corrected chi connectivity index (χ3v) is 5.74. The van der Waals surface area contributed by atoms with Crippen LogP contribution in [0.5, 0.6) is 0 Å². The Balaban J connectivity index is 1.57. The number of aromatic nitrogens is 2. The summed E-state index contributed by atoms with van der Waals surface area (Å²) in [5, 5.41) is 4.68. The third kappa shape index (κ3) is 2.79. The van der Waals surface area contributed by atoms with E-state index in [1.165, 1.54) is 0 Å². The van der Waals surface area contributed by atoms with Crippen LogP contribution < -0.4 is 0 Å². The molecule has 0 radical (unpaired) electrons. The summed E-state index contributed by atoms with van der Waals surface area (Å²) >= 11 is 0. The zero-order chi connectivity index (χ0) is 18.3. The van der Waals surface area contributed by atoms with Gasteiger partial charge in [-0.1, -0.05) is 5.16 Å². The standard InChI is InChI=1S/C19H25N3O4/c1-12-11-14(16-13(2)21-26-17(16)20-12)18(23)22-8-6-19(7-9-22)15(24-3)5-4-10-25-19/h11,15H,4-10H2,1-3H3. The van der Waals surface area contributed by atoms with Gasteiger partial charge in [-0.25, -0.2) is 4.98 Å². The molecule has 0 aromatic carbocycles. The summed E-state index contributed by atoms with van der Waals surface area (Å²) < 4.78 is 17.1. The minimum absolute atomic E-state index is 0.00595. The van der Waals surface area contributed by atoms with Crippen molar-refractivity contribution in [2.24, 2.45) is 0 Å². The van der Waals surface area contributed by atoms with Crippen molar-refractivity contribution in [1.29, 1.82) is 0 Å². The molecule has 2 aliphatic heterocycles. The highest BCUT2D eigenvalue weighted by Gasteiger charge is 2.45. The number of likely N-dealkylation sites (tertiary alicyclic amines) is 1. The molecule has 0 N–H and O–H groups in total. The maximum absolute atomic E-state index is 13.2. The maximum Gasteiger partial charge on any atom is 0.258 e. The first kappa shape index (κ1) is 17.4. The normalized spacial score (nSPS) is 22.9. The zero-order valence-corrected chi connectivity index (χ0v) is 15.6. The minimum atomic E-state index is -0.250. The highest BCUT2D eigenvalue weighted by Crippen LogP contribution is 2.37. The summed E-state index contributed by atoms with van der Waals surface area (Å²) in [6.45, 7) is 5.79. The molecular formula is C19H25N3O4. The molecule has 2 saturated heterocycles. The number of methoxy groups -OCH3 is 1. The maximum atomic E-state index is 13.2. The summed E-state index contributed by atoms with van der Waals surface area (Å²) in [6, 6.07) is 1.83. The molecule has 4 rings (SSSR count). The van der Waals surface area contributed by atoms with Gasteiger partial charge in [0.15, 0.2) is 0 Å². The molecule has 7 nitrogen and oxygen atoms in total. The van der Waals surface area contributed by atoms with Gasteiger partial charge in [0.05, 0.1) is 28.3 Å². The van der Waals surface area contributed by atoms with Crippen molar-refractivity contribution in [2.45, 2.75) is 51.2 Å². The Kier molecular flexibility index (Phi) is 4.44. The highest BCUT2D eigenvalue weighted by atomic mass is 16.5. The minimum Gasteiger partial charge on any atom is -0.378 e. The van der Waals surface area contributed by atoms with Gasteiger partial charge in [0.2, 0.25) is 0 Å². The summed E-state index contributed by atoms with van der Waals surface area (Å²) in [7, 11) is 1.75. The largest absolute Gasteiger partial charge is 0.378 e. The van der Waals surface area contributed by atoms with E-state index in [-0.39, 0.29) is 17.6 Å². The average molecular weight is 359 g/mol. The molecule has 2 aromatic rings. The number of ether oxygens (including phenoxy) is 2. The third-order valence-electron chi connectivity index (χ3n) is 5.74. The second-order valence-electron chi connectivity index (χ2n) is 7.33. The van der Waals surface area contributed by atoms with E-state index < -0.39 is 0 Å². The predicted molar refractivity (Wildman–Crippen MR) is 95.1 cm³/mol. The van der Waals surface area contributed by atoms with Crippen molar-refractivity contribution in [3.63, 3.8) is 0 Å². The van der Waals surface area contributed by atoms with E-state index >= 15 is 0 Å². The molecule has 1 atom stereocenters. The number of hydrogen-bond acceptors (Lipinski definition) is 6. The number of rotatable bonds is 2. The molecule has 0 bridgehead atoms. The van der Waals surface area contributed by atoms with Crippen LogP contribution in [0.1, 0.15) is 47.4 Å². The lowest BCUT2D eigenvalue weighted by molar-refractivity contribution is -0.183. The van der Waals surface area contributed by atoms with Gasteiger partial charge in [-0.2, -0.15) is 0 Å². The molecule has 7 heteroatoms. The lowest BCUT2D eigenvalue weighted by Gasteiger charge is -2.48. The Morgan fingerprint density at radius 3 is 2.85 bits per heavy atom. The van der Waals surface area contributed by atoms with Crippen LogP contribution in [-0.4, -0.2) is 59.5 Å². The van der Waals surface area contributed by atoms with Crippen molar-refractivity contribution < 1.29 is 18.8 Å². The smallest absolute Gasteiger partial charge is 0.258 e. The molecule has 2 aromatic heterocycles. The van der Waals surface area contributed by atoms with Crippen LogP contribution in [0.25, 0.3) is 11.1 Å². The molecule has 140 valence electrons. The molecular weight excluding hydrogens is 334 g/mol. The Labute approximate surface area is 152 Å². The van der Waals surface area contributed by atoms with Crippen LogP contribution in [0.15, 0.2) is 10.6 Å². The van der Waals surface area contributed by atoms with Crippen molar-refractivity contribution in [3.05, 3.63) is 23.0 Å². The van der Waals surface area contributed by atoms with Gasteiger partial charge >= 0.3 is 0 Å². The van der Waals surface area contributed by atoms with Crippen LogP contribution in [0, 0.1) is 13.8 Å². The Morgan fingerprint density at radius 1 is 1.35 bits per heavy atom. The molecule has 26 heavy (non-hydrogen) atoms. The lowest BCUT2D eigenvalue weighted by Crippen LogP contribution is -2.56. The number of carbonyl (C=O) groups excluding carboxylic acids is 1. The van der Waals surface area contributed by atoms with Gasteiger partial charge in [0.1, 0.15) is 0 Å². The van der Waals surface area contributed by atoms with E-state index in [1.54, 1.807) is 7.11 Å². The Morgan fingerprint density at radius 2 is 2.12 bits per heavy atom. The quantitative estimate of drug-likeness (QED) is 0.820. The fourth-order valence-electron chi connectivity index (χ4n) is 4.34. The van der Waals surface area contributed by atoms with Gasteiger partial charge in [0, 0.05) is 32.5 Å². The van der Waals surface area contributed by atoms with Crippen LogP contribution in [0.2, 0.25) is 0 Å². The second kappa shape index (κ2) is 6.63. The van der Waals surface area contributed by atoms with Gasteiger partial charge in [-0.3, -0.25) is 4.79 Å². The second-order valence-corrected chi connectivity index (χ2v) is 7.33. The highest BCUT2D eigenvalue weighted by molar-refractivity contribution is 6.06.